The summed E-state index contributed by atoms with van der Waals surface area (Å²) in [7, 11) is -3.89. The van der Waals surface area contributed by atoms with Crippen LogP contribution in [0.25, 0.3) is 0 Å². The molecule has 0 aliphatic rings. The van der Waals surface area contributed by atoms with Gasteiger partial charge in [0.25, 0.3) is 0 Å². The van der Waals surface area contributed by atoms with E-state index in [1.165, 1.54) is 30.5 Å². The zero-order chi connectivity index (χ0) is 11.6. The molecule has 2 aromatic heterocycles. The fourth-order valence-corrected chi connectivity index (χ4v) is 2.38. The molecule has 0 bridgehead atoms. The predicted molar refractivity (Wildman–Crippen MR) is 54.7 cm³/mol. The summed E-state index contributed by atoms with van der Waals surface area (Å²) in [5.41, 5.74) is -0.895. The second-order valence-corrected chi connectivity index (χ2v) is 4.80. The van der Waals surface area contributed by atoms with Crippen molar-refractivity contribution in [2.45, 2.75) is 9.92 Å². The first-order valence-corrected chi connectivity index (χ1v) is 5.84. The van der Waals surface area contributed by atoms with E-state index in [0.717, 1.165) is 6.26 Å². The Morgan fingerprint density at radius 2 is 1.94 bits per heavy atom. The lowest BCUT2D eigenvalue weighted by molar-refractivity contribution is 0.488. The molecule has 0 saturated carbocycles. The third-order valence-electron chi connectivity index (χ3n) is 1.91. The van der Waals surface area contributed by atoms with Crippen molar-refractivity contribution >= 4 is 9.84 Å². The van der Waals surface area contributed by atoms with Crippen molar-refractivity contribution in [2.24, 2.45) is 0 Å². The van der Waals surface area contributed by atoms with Gasteiger partial charge in [-0.3, -0.25) is 0 Å². The number of hydrogen-bond donors (Lipinski definition) is 0. The van der Waals surface area contributed by atoms with E-state index in [1.54, 1.807) is 6.07 Å². The molecular formula is C10H7NO4S. The molecule has 0 aliphatic carbocycles. The first kappa shape index (κ1) is 10.6. The average molecular weight is 237 g/mol. The molecule has 0 atom stereocenters. The Kier molecular flexibility index (Phi) is 2.57. The van der Waals surface area contributed by atoms with Crippen molar-refractivity contribution in [3.63, 3.8) is 0 Å². The third kappa shape index (κ3) is 1.74. The van der Waals surface area contributed by atoms with Crippen LogP contribution in [0.4, 0.5) is 0 Å². The Hall–Kier alpha value is -1.95. The van der Waals surface area contributed by atoms with Crippen molar-refractivity contribution < 1.29 is 12.8 Å². The highest BCUT2D eigenvalue weighted by Gasteiger charge is 2.22. The lowest BCUT2D eigenvalue weighted by atomic mass is 10.5. The van der Waals surface area contributed by atoms with Gasteiger partial charge in [-0.25, -0.2) is 18.2 Å². The number of hydrogen-bond acceptors (Lipinski definition) is 5. The highest BCUT2D eigenvalue weighted by atomic mass is 32.2. The maximum Gasteiger partial charge on any atom is 0.355 e. The zero-order valence-corrected chi connectivity index (χ0v) is 8.85. The lowest BCUT2D eigenvalue weighted by Crippen LogP contribution is -2.14. The largest absolute Gasteiger partial charge is 0.430 e. The first-order chi connectivity index (χ1) is 7.62. The number of pyridine rings is 1. The molecule has 0 aliphatic heterocycles. The molecule has 5 nitrogen and oxygen atoms in total. The van der Waals surface area contributed by atoms with Gasteiger partial charge in [0.1, 0.15) is 0 Å². The van der Waals surface area contributed by atoms with Crippen LogP contribution in [-0.2, 0) is 9.84 Å². The van der Waals surface area contributed by atoms with E-state index < -0.39 is 20.4 Å². The van der Waals surface area contributed by atoms with Crippen LogP contribution in [0.15, 0.2) is 61.9 Å². The van der Waals surface area contributed by atoms with Crippen LogP contribution in [0.2, 0.25) is 0 Å². The van der Waals surface area contributed by atoms with Gasteiger partial charge in [0.2, 0.25) is 9.84 Å². The highest BCUT2D eigenvalue weighted by Crippen LogP contribution is 2.14. The fourth-order valence-electron chi connectivity index (χ4n) is 1.17. The van der Waals surface area contributed by atoms with Gasteiger partial charge in [-0.05, 0) is 24.3 Å². The summed E-state index contributed by atoms with van der Waals surface area (Å²) in [6, 6.07) is 6.98. The van der Waals surface area contributed by atoms with Gasteiger partial charge < -0.3 is 4.42 Å². The molecule has 0 spiro atoms. The quantitative estimate of drug-likeness (QED) is 0.774. The van der Waals surface area contributed by atoms with Crippen LogP contribution in [0, 0.1) is 0 Å². The molecule has 2 heterocycles. The van der Waals surface area contributed by atoms with Gasteiger partial charge in [-0.2, -0.15) is 0 Å². The molecule has 0 unspecified atom stereocenters. The van der Waals surface area contributed by atoms with Gasteiger partial charge in [-0.1, -0.05) is 6.07 Å². The summed E-state index contributed by atoms with van der Waals surface area (Å²) in [6.45, 7) is 0. The van der Waals surface area contributed by atoms with E-state index in [2.05, 4.69) is 9.40 Å². The molecule has 0 radical (unpaired) electrons. The van der Waals surface area contributed by atoms with Crippen molar-refractivity contribution in [3.05, 3.63) is 53.2 Å². The Bertz CT molecular complexity index is 646. The van der Waals surface area contributed by atoms with Gasteiger partial charge in [0, 0.05) is 6.20 Å². The number of nitrogens with zero attached hydrogens (tertiary/aromatic N) is 1. The van der Waals surface area contributed by atoms with Crippen LogP contribution in [-0.4, -0.2) is 13.4 Å². The van der Waals surface area contributed by atoms with Crippen LogP contribution in [0.3, 0.4) is 0 Å². The predicted octanol–water partition coefficient (Wildman–Crippen LogP) is 0.868. The van der Waals surface area contributed by atoms with E-state index in [0.29, 0.717) is 0 Å². The maximum absolute atomic E-state index is 11.9. The Labute approximate surface area is 91.3 Å². The molecule has 6 heteroatoms. The van der Waals surface area contributed by atoms with Crippen molar-refractivity contribution in [1.29, 1.82) is 0 Å². The topological polar surface area (TPSA) is 77.2 Å². The first-order valence-electron chi connectivity index (χ1n) is 4.36. The SMILES string of the molecule is O=c1occcc1S(=O)(=O)c1ccccn1. The summed E-state index contributed by atoms with van der Waals surface area (Å²) in [5, 5.41) is -0.173. The second-order valence-electron chi connectivity index (χ2n) is 2.94. The minimum absolute atomic E-state index is 0.173. The number of aromatic nitrogens is 1. The molecule has 2 aromatic rings. The smallest absolute Gasteiger partial charge is 0.355 e. The van der Waals surface area contributed by atoms with Gasteiger partial charge in [0.05, 0.1) is 6.26 Å². The summed E-state index contributed by atoms with van der Waals surface area (Å²) in [5.74, 6) is 0. The molecule has 0 N–H and O–H groups in total. The van der Waals surface area contributed by atoms with Crippen LogP contribution in [0.5, 0.6) is 0 Å². The number of sulfone groups is 1. The Morgan fingerprint density at radius 3 is 2.56 bits per heavy atom. The van der Waals surface area contributed by atoms with Gasteiger partial charge in [0.15, 0.2) is 9.92 Å². The van der Waals surface area contributed by atoms with Crippen LogP contribution >= 0.6 is 0 Å². The Balaban J connectivity index is 2.66. The minimum Gasteiger partial charge on any atom is -0.430 e. The minimum atomic E-state index is -3.89. The monoisotopic (exact) mass is 237 g/mol. The average Bonchev–Trinajstić information content (AvgIpc) is 2.30. The molecule has 2 rings (SSSR count). The fraction of sp³-hybridized carbons (Fsp3) is 0. The molecule has 16 heavy (non-hydrogen) atoms. The second kappa shape index (κ2) is 3.90. The normalized spacial score (nSPS) is 11.2. The van der Waals surface area contributed by atoms with Crippen LogP contribution in [0.1, 0.15) is 0 Å². The van der Waals surface area contributed by atoms with E-state index in [4.69, 9.17) is 0 Å². The van der Waals surface area contributed by atoms with Crippen molar-refractivity contribution in [2.75, 3.05) is 0 Å². The molecule has 0 fully saturated rings. The standard InChI is InChI=1S/C10H7NO4S/c12-10-8(4-3-7-15-10)16(13,14)9-5-1-2-6-11-9/h1-7H. The highest BCUT2D eigenvalue weighted by molar-refractivity contribution is 7.91. The van der Waals surface area contributed by atoms with Gasteiger partial charge in [-0.15, -0.1) is 0 Å². The summed E-state index contributed by atoms with van der Waals surface area (Å²) < 4.78 is 28.4. The maximum atomic E-state index is 11.9. The molecule has 0 amide bonds. The van der Waals surface area contributed by atoms with E-state index >= 15 is 0 Å². The lowest BCUT2D eigenvalue weighted by Gasteiger charge is -2.00. The summed E-state index contributed by atoms with van der Waals surface area (Å²) in [6.07, 6.45) is 2.47. The van der Waals surface area contributed by atoms with E-state index in [9.17, 15) is 13.2 Å². The molecule has 0 aromatic carbocycles. The molecular weight excluding hydrogens is 230 g/mol. The Morgan fingerprint density at radius 1 is 1.12 bits per heavy atom. The molecule has 0 saturated heterocycles. The van der Waals surface area contributed by atoms with E-state index in [-0.39, 0.29) is 5.03 Å². The molecule has 82 valence electrons. The van der Waals surface area contributed by atoms with Crippen molar-refractivity contribution in [1.82, 2.24) is 4.98 Å². The van der Waals surface area contributed by atoms with Crippen molar-refractivity contribution in [3.8, 4) is 0 Å². The number of rotatable bonds is 2. The van der Waals surface area contributed by atoms with E-state index in [1.807, 2.05) is 0 Å². The summed E-state index contributed by atoms with van der Waals surface area (Å²) in [4.78, 5) is 14.6. The van der Waals surface area contributed by atoms with Gasteiger partial charge >= 0.3 is 5.63 Å². The summed E-state index contributed by atoms with van der Waals surface area (Å²) >= 11 is 0. The third-order valence-corrected chi connectivity index (χ3v) is 3.58. The zero-order valence-electron chi connectivity index (χ0n) is 8.03. The van der Waals surface area contributed by atoms with Crippen LogP contribution < -0.4 is 5.63 Å².